The van der Waals surface area contributed by atoms with Crippen LogP contribution >= 0.6 is 0 Å². The van der Waals surface area contributed by atoms with Gasteiger partial charge in [0.2, 0.25) is 0 Å². The smallest absolute Gasteiger partial charge is 0.260 e. The summed E-state index contributed by atoms with van der Waals surface area (Å²) in [4.78, 5) is 39.5. The Labute approximate surface area is 158 Å². The van der Waals surface area contributed by atoms with Crippen LogP contribution in [-0.2, 0) is 4.79 Å². The molecule has 27 heavy (non-hydrogen) atoms. The van der Waals surface area contributed by atoms with Gasteiger partial charge >= 0.3 is 0 Å². The zero-order valence-electron chi connectivity index (χ0n) is 15.3. The molecular formula is C21H22N2O4. The molecule has 3 rings (SSSR count). The number of carbonyl (C=O) groups excluding carboxylic acids is 3. The van der Waals surface area contributed by atoms with Crippen molar-refractivity contribution in [3.8, 4) is 5.75 Å². The molecule has 0 saturated carbocycles. The second-order valence-electron chi connectivity index (χ2n) is 6.41. The average Bonchev–Trinajstić information content (AvgIpc) is 2.72. The lowest BCUT2D eigenvalue weighted by Gasteiger charge is -2.34. The molecule has 0 spiro atoms. The van der Waals surface area contributed by atoms with E-state index >= 15 is 0 Å². The molecule has 2 aromatic rings. The van der Waals surface area contributed by atoms with Gasteiger partial charge in [0.15, 0.2) is 12.4 Å². The van der Waals surface area contributed by atoms with E-state index < -0.39 is 0 Å². The molecule has 1 aliphatic heterocycles. The number of ketones is 1. The zero-order valence-corrected chi connectivity index (χ0v) is 15.3. The first-order valence-corrected chi connectivity index (χ1v) is 8.90. The molecule has 6 heteroatoms. The number of rotatable bonds is 5. The van der Waals surface area contributed by atoms with Crippen molar-refractivity contribution in [2.75, 3.05) is 32.8 Å². The first-order chi connectivity index (χ1) is 13.0. The van der Waals surface area contributed by atoms with E-state index in [4.69, 9.17) is 4.74 Å². The van der Waals surface area contributed by atoms with Gasteiger partial charge in [-0.3, -0.25) is 14.4 Å². The number of ether oxygens (including phenoxy) is 1. The normalized spacial score (nSPS) is 14.0. The van der Waals surface area contributed by atoms with E-state index in [1.165, 1.54) is 6.92 Å². The fraction of sp³-hybridized carbons (Fsp3) is 0.286. The average molecular weight is 366 g/mol. The molecule has 1 fully saturated rings. The number of hydrogen-bond donors (Lipinski definition) is 0. The number of piperazine rings is 1. The van der Waals surface area contributed by atoms with E-state index in [9.17, 15) is 14.4 Å². The summed E-state index contributed by atoms with van der Waals surface area (Å²) in [7, 11) is 0. The van der Waals surface area contributed by atoms with Gasteiger partial charge in [-0.2, -0.15) is 0 Å². The highest BCUT2D eigenvalue weighted by atomic mass is 16.5. The SMILES string of the molecule is CC(=O)c1ccc(OCC(=O)N2CCN(C(=O)c3ccccc3)CC2)cc1. The van der Waals surface area contributed by atoms with Gasteiger partial charge < -0.3 is 14.5 Å². The highest BCUT2D eigenvalue weighted by Crippen LogP contribution is 2.13. The van der Waals surface area contributed by atoms with Crippen molar-refractivity contribution >= 4 is 17.6 Å². The number of hydrogen-bond acceptors (Lipinski definition) is 4. The van der Waals surface area contributed by atoms with Crippen molar-refractivity contribution in [1.29, 1.82) is 0 Å². The minimum absolute atomic E-state index is 0.00971. The van der Waals surface area contributed by atoms with Crippen LogP contribution in [0, 0.1) is 0 Å². The van der Waals surface area contributed by atoms with Crippen LogP contribution in [0.15, 0.2) is 54.6 Å². The Hall–Kier alpha value is -3.15. The van der Waals surface area contributed by atoms with Crippen LogP contribution in [0.25, 0.3) is 0 Å². The number of amides is 2. The molecule has 0 bridgehead atoms. The maximum atomic E-state index is 12.4. The van der Waals surface area contributed by atoms with Crippen LogP contribution < -0.4 is 4.74 Å². The van der Waals surface area contributed by atoms with Crippen LogP contribution in [0.2, 0.25) is 0 Å². The van der Waals surface area contributed by atoms with Gasteiger partial charge in [0.25, 0.3) is 11.8 Å². The molecule has 0 radical (unpaired) electrons. The number of Topliss-reactive ketones (excluding diaryl/α,β-unsaturated/α-hetero) is 1. The van der Waals surface area contributed by atoms with Crippen LogP contribution in [0.1, 0.15) is 27.6 Å². The fourth-order valence-electron chi connectivity index (χ4n) is 2.94. The molecule has 0 atom stereocenters. The first kappa shape index (κ1) is 18.6. The summed E-state index contributed by atoms with van der Waals surface area (Å²) >= 11 is 0. The molecule has 2 aromatic carbocycles. The van der Waals surface area contributed by atoms with Gasteiger partial charge in [-0.05, 0) is 43.3 Å². The lowest BCUT2D eigenvalue weighted by atomic mass is 10.1. The highest BCUT2D eigenvalue weighted by Gasteiger charge is 2.24. The third-order valence-electron chi connectivity index (χ3n) is 4.56. The summed E-state index contributed by atoms with van der Waals surface area (Å²) in [5.41, 5.74) is 1.27. The van der Waals surface area contributed by atoms with Crippen molar-refractivity contribution in [1.82, 2.24) is 9.80 Å². The molecule has 1 saturated heterocycles. The molecule has 140 valence electrons. The quantitative estimate of drug-likeness (QED) is 0.762. The maximum absolute atomic E-state index is 12.4. The Morgan fingerprint density at radius 1 is 0.815 bits per heavy atom. The summed E-state index contributed by atoms with van der Waals surface area (Å²) in [6.45, 7) is 3.43. The lowest BCUT2D eigenvalue weighted by Crippen LogP contribution is -2.51. The molecule has 1 aliphatic rings. The maximum Gasteiger partial charge on any atom is 0.260 e. The second-order valence-corrected chi connectivity index (χ2v) is 6.41. The molecule has 0 unspecified atom stereocenters. The van der Waals surface area contributed by atoms with E-state index in [1.807, 2.05) is 18.2 Å². The Kier molecular flexibility index (Phi) is 5.86. The molecule has 1 heterocycles. The van der Waals surface area contributed by atoms with E-state index in [2.05, 4.69) is 0 Å². The summed E-state index contributed by atoms with van der Waals surface area (Å²) in [5, 5.41) is 0. The van der Waals surface area contributed by atoms with Gasteiger partial charge in [0.1, 0.15) is 5.75 Å². The third-order valence-corrected chi connectivity index (χ3v) is 4.56. The minimum atomic E-state index is -0.113. The Balaban J connectivity index is 1.47. The summed E-state index contributed by atoms with van der Waals surface area (Å²) < 4.78 is 5.52. The zero-order chi connectivity index (χ0) is 19.2. The standard InChI is InChI=1S/C21H22N2O4/c1-16(24)17-7-9-19(10-8-17)27-15-20(25)22-11-13-23(14-12-22)21(26)18-5-3-2-4-6-18/h2-10H,11-15H2,1H3. The third kappa shape index (κ3) is 4.73. The molecule has 6 nitrogen and oxygen atoms in total. The molecule has 0 aromatic heterocycles. The molecule has 2 amide bonds. The van der Waals surface area contributed by atoms with E-state index in [0.29, 0.717) is 43.1 Å². The van der Waals surface area contributed by atoms with Crippen molar-refractivity contribution in [2.45, 2.75) is 6.92 Å². The summed E-state index contributed by atoms with van der Waals surface area (Å²) in [6.07, 6.45) is 0. The Morgan fingerprint density at radius 2 is 1.41 bits per heavy atom. The largest absolute Gasteiger partial charge is 0.484 e. The van der Waals surface area contributed by atoms with Crippen LogP contribution in [0.5, 0.6) is 5.75 Å². The van der Waals surface area contributed by atoms with E-state index in [0.717, 1.165) is 0 Å². The van der Waals surface area contributed by atoms with Gasteiger partial charge in [0, 0.05) is 37.3 Å². The monoisotopic (exact) mass is 366 g/mol. The van der Waals surface area contributed by atoms with E-state index in [-0.39, 0.29) is 24.2 Å². The number of nitrogens with zero attached hydrogens (tertiary/aromatic N) is 2. The predicted molar refractivity (Wildman–Crippen MR) is 101 cm³/mol. The van der Waals surface area contributed by atoms with Crippen LogP contribution in [-0.4, -0.2) is 60.2 Å². The fourth-order valence-corrected chi connectivity index (χ4v) is 2.94. The van der Waals surface area contributed by atoms with Crippen molar-refractivity contribution in [3.63, 3.8) is 0 Å². The number of benzene rings is 2. The minimum Gasteiger partial charge on any atom is -0.484 e. The summed E-state index contributed by atoms with van der Waals surface area (Å²) in [5.74, 6) is 0.411. The van der Waals surface area contributed by atoms with Crippen LogP contribution in [0.3, 0.4) is 0 Å². The molecule has 0 aliphatic carbocycles. The highest BCUT2D eigenvalue weighted by molar-refractivity contribution is 5.94. The van der Waals surface area contributed by atoms with Gasteiger partial charge in [-0.25, -0.2) is 0 Å². The Morgan fingerprint density at radius 3 is 2.00 bits per heavy atom. The van der Waals surface area contributed by atoms with Gasteiger partial charge in [-0.15, -0.1) is 0 Å². The topological polar surface area (TPSA) is 66.9 Å². The predicted octanol–water partition coefficient (Wildman–Crippen LogP) is 2.25. The van der Waals surface area contributed by atoms with Gasteiger partial charge in [0.05, 0.1) is 0 Å². The molecule has 0 N–H and O–H groups in total. The Bertz CT molecular complexity index is 810. The van der Waals surface area contributed by atoms with Gasteiger partial charge in [-0.1, -0.05) is 18.2 Å². The number of carbonyl (C=O) groups is 3. The lowest BCUT2D eigenvalue weighted by molar-refractivity contribution is -0.134. The van der Waals surface area contributed by atoms with Crippen molar-refractivity contribution < 1.29 is 19.1 Å². The van der Waals surface area contributed by atoms with E-state index in [1.54, 1.807) is 46.2 Å². The first-order valence-electron chi connectivity index (χ1n) is 8.90. The van der Waals surface area contributed by atoms with Crippen molar-refractivity contribution in [3.05, 3.63) is 65.7 Å². The van der Waals surface area contributed by atoms with Crippen LogP contribution in [0.4, 0.5) is 0 Å². The van der Waals surface area contributed by atoms with Crippen molar-refractivity contribution in [2.24, 2.45) is 0 Å². The summed E-state index contributed by atoms with van der Waals surface area (Å²) in [6, 6.07) is 15.9. The molecular weight excluding hydrogens is 344 g/mol. The second kappa shape index (κ2) is 8.49.